The molecule has 23 heavy (non-hydrogen) atoms. The van der Waals surface area contributed by atoms with E-state index >= 15 is 0 Å². The Hall–Kier alpha value is -1.97. The van der Waals surface area contributed by atoms with E-state index in [1.807, 2.05) is 4.57 Å². The molecule has 0 spiro atoms. The molecule has 0 radical (unpaired) electrons. The zero-order valence-corrected chi connectivity index (χ0v) is 13.4. The largest absolute Gasteiger partial charge is 0.478 e. The van der Waals surface area contributed by atoms with E-state index in [-0.39, 0.29) is 22.0 Å². The number of carbonyl (C=O) groups is 1. The minimum absolute atomic E-state index is 0.0135. The molecular formula is C13H13ClN4O4S. The molecule has 0 atom stereocenters. The first kappa shape index (κ1) is 15.9. The van der Waals surface area contributed by atoms with Gasteiger partial charge < -0.3 is 9.67 Å². The first-order valence-corrected chi connectivity index (χ1v) is 8.68. The lowest BCUT2D eigenvalue weighted by molar-refractivity contribution is 0.0697. The van der Waals surface area contributed by atoms with Crippen LogP contribution in [0, 0.1) is 0 Å². The van der Waals surface area contributed by atoms with Crippen molar-refractivity contribution in [1.82, 2.24) is 19.5 Å². The first-order chi connectivity index (χ1) is 10.9. The third-order valence-corrected chi connectivity index (χ3v) is 5.31. The van der Waals surface area contributed by atoms with Gasteiger partial charge in [0, 0.05) is 13.0 Å². The summed E-state index contributed by atoms with van der Waals surface area (Å²) >= 11 is 5.75. The summed E-state index contributed by atoms with van der Waals surface area (Å²) in [5, 5.41) is 17.0. The van der Waals surface area contributed by atoms with E-state index < -0.39 is 16.0 Å². The second-order valence-electron chi connectivity index (χ2n) is 5.06. The highest BCUT2D eigenvalue weighted by molar-refractivity contribution is 7.89. The minimum Gasteiger partial charge on any atom is -0.478 e. The smallest absolute Gasteiger partial charge is 0.337 e. The van der Waals surface area contributed by atoms with Crippen molar-refractivity contribution in [3.05, 3.63) is 40.4 Å². The van der Waals surface area contributed by atoms with E-state index in [2.05, 4.69) is 14.9 Å². The van der Waals surface area contributed by atoms with Crippen molar-refractivity contribution < 1.29 is 18.3 Å². The molecule has 0 unspecified atom stereocenters. The van der Waals surface area contributed by atoms with Crippen molar-refractivity contribution in [2.75, 3.05) is 0 Å². The molecule has 8 nitrogen and oxygen atoms in total. The van der Waals surface area contributed by atoms with Crippen LogP contribution in [0.2, 0.25) is 5.02 Å². The van der Waals surface area contributed by atoms with Crippen molar-refractivity contribution in [2.45, 2.75) is 30.8 Å². The van der Waals surface area contributed by atoms with E-state index in [0.717, 1.165) is 31.3 Å². The number of nitrogens with zero attached hydrogens (tertiary/aromatic N) is 3. The molecule has 0 aliphatic carbocycles. The lowest BCUT2D eigenvalue weighted by Crippen LogP contribution is -2.25. The monoisotopic (exact) mass is 356 g/mol. The normalized spacial score (nSPS) is 14.0. The topological polar surface area (TPSA) is 114 Å². The number of carboxylic acid groups (broad SMARTS) is 1. The molecule has 2 N–H and O–H groups in total. The summed E-state index contributed by atoms with van der Waals surface area (Å²) in [6.07, 6.45) is 1.79. The standard InChI is InChI=1S/C13H13ClN4O4S/c14-10-4-3-8(6-9(10)13(19)20)23(21,22)15-7-12-17-16-11-2-1-5-18(11)12/h3-4,6,15H,1-2,5,7H2,(H,19,20). The van der Waals surface area contributed by atoms with Gasteiger partial charge in [0.2, 0.25) is 10.0 Å². The SMILES string of the molecule is O=C(O)c1cc(S(=O)(=O)NCc2nnc3n2CCC3)ccc1Cl. The molecule has 2 heterocycles. The van der Waals surface area contributed by atoms with Crippen LogP contribution in [0.4, 0.5) is 0 Å². The molecule has 0 fully saturated rings. The van der Waals surface area contributed by atoms with Gasteiger partial charge in [-0.1, -0.05) is 11.6 Å². The molecule has 0 saturated heterocycles. The summed E-state index contributed by atoms with van der Waals surface area (Å²) in [6.45, 7) is 0.754. The number of halogens is 1. The fourth-order valence-corrected chi connectivity index (χ4v) is 3.62. The summed E-state index contributed by atoms with van der Waals surface area (Å²) in [5.74, 6) is 0.0923. The van der Waals surface area contributed by atoms with Gasteiger partial charge in [-0.2, -0.15) is 0 Å². The van der Waals surface area contributed by atoms with Crippen LogP contribution >= 0.6 is 11.6 Å². The second-order valence-corrected chi connectivity index (χ2v) is 7.23. The van der Waals surface area contributed by atoms with Crippen molar-refractivity contribution in [1.29, 1.82) is 0 Å². The number of hydrogen-bond donors (Lipinski definition) is 2. The van der Waals surface area contributed by atoms with Gasteiger partial charge in [0.05, 0.1) is 22.0 Å². The first-order valence-electron chi connectivity index (χ1n) is 6.82. The number of aryl methyl sites for hydroxylation is 1. The maximum atomic E-state index is 12.3. The zero-order valence-electron chi connectivity index (χ0n) is 11.9. The number of nitrogens with one attached hydrogen (secondary N) is 1. The number of fused-ring (bicyclic) bond motifs is 1. The van der Waals surface area contributed by atoms with Crippen LogP contribution < -0.4 is 4.72 Å². The summed E-state index contributed by atoms with van der Waals surface area (Å²) in [7, 11) is -3.88. The van der Waals surface area contributed by atoms with Crippen LogP contribution in [0.1, 0.15) is 28.4 Å². The van der Waals surface area contributed by atoms with Gasteiger partial charge in [0.25, 0.3) is 0 Å². The van der Waals surface area contributed by atoms with Gasteiger partial charge >= 0.3 is 5.97 Å². The minimum atomic E-state index is -3.88. The maximum absolute atomic E-state index is 12.3. The molecule has 0 amide bonds. The van der Waals surface area contributed by atoms with Gasteiger partial charge in [-0.15, -0.1) is 10.2 Å². The fraction of sp³-hybridized carbons (Fsp3) is 0.308. The van der Waals surface area contributed by atoms with Gasteiger partial charge in [0.15, 0.2) is 0 Å². The molecule has 1 aliphatic rings. The zero-order chi connectivity index (χ0) is 16.6. The Morgan fingerprint density at radius 1 is 1.39 bits per heavy atom. The van der Waals surface area contributed by atoms with Gasteiger partial charge in [-0.05, 0) is 24.6 Å². The average molecular weight is 357 g/mol. The number of aromatic nitrogens is 3. The van der Waals surface area contributed by atoms with Crippen molar-refractivity contribution in [3.63, 3.8) is 0 Å². The number of rotatable bonds is 5. The van der Waals surface area contributed by atoms with Crippen molar-refractivity contribution in [2.24, 2.45) is 0 Å². The molecule has 10 heteroatoms. The van der Waals surface area contributed by atoms with E-state index in [0.29, 0.717) is 5.82 Å². The second kappa shape index (κ2) is 5.91. The Morgan fingerprint density at radius 2 is 2.17 bits per heavy atom. The third-order valence-electron chi connectivity index (χ3n) is 3.58. The third kappa shape index (κ3) is 3.07. The summed E-state index contributed by atoms with van der Waals surface area (Å²) < 4.78 is 28.9. The molecule has 0 saturated carbocycles. The lowest BCUT2D eigenvalue weighted by Gasteiger charge is -2.08. The van der Waals surface area contributed by atoms with Crippen LogP contribution in [0.15, 0.2) is 23.1 Å². The number of aromatic carboxylic acids is 1. The molecule has 3 rings (SSSR count). The molecular weight excluding hydrogens is 344 g/mol. The summed E-state index contributed by atoms with van der Waals surface area (Å²) in [5.41, 5.74) is -0.266. The number of sulfonamides is 1. The summed E-state index contributed by atoms with van der Waals surface area (Å²) in [4.78, 5) is 10.9. The molecule has 122 valence electrons. The van der Waals surface area contributed by atoms with Gasteiger partial charge in [-0.25, -0.2) is 17.9 Å². The Balaban J connectivity index is 1.82. The number of hydrogen-bond acceptors (Lipinski definition) is 5. The van der Waals surface area contributed by atoms with Crippen LogP contribution in [-0.4, -0.2) is 34.3 Å². The molecule has 0 bridgehead atoms. The van der Waals surface area contributed by atoms with E-state index in [9.17, 15) is 13.2 Å². The van der Waals surface area contributed by atoms with Crippen molar-refractivity contribution >= 4 is 27.6 Å². The quantitative estimate of drug-likeness (QED) is 0.827. The highest BCUT2D eigenvalue weighted by atomic mass is 35.5. The van der Waals surface area contributed by atoms with Crippen LogP contribution in [0.5, 0.6) is 0 Å². The van der Waals surface area contributed by atoms with Crippen LogP contribution in [0.25, 0.3) is 0 Å². The van der Waals surface area contributed by atoms with Crippen molar-refractivity contribution in [3.8, 4) is 0 Å². The van der Waals surface area contributed by atoms with Gasteiger partial charge in [-0.3, -0.25) is 0 Å². The number of carboxylic acids is 1. The Bertz CT molecular complexity index is 878. The molecule has 1 aromatic carbocycles. The Morgan fingerprint density at radius 3 is 2.91 bits per heavy atom. The maximum Gasteiger partial charge on any atom is 0.337 e. The fourth-order valence-electron chi connectivity index (χ4n) is 2.42. The van der Waals surface area contributed by atoms with E-state index in [1.54, 1.807) is 0 Å². The lowest BCUT2D eigenvalue weighted by atomic mass is 10.2. The van der Waals surface area contributed by atoms with E-state index in [1.165, 1.54) is 12.1 Å². The predicted octanol–water partition coefficient (Wildman–Crippen LogP) is 1.05. The molecule has 1 aromatic heterocycles. The van der Waals surface area contributed by atoms with Gasteiger partial charge in [0.1, 0.15) is 11.6 Å². The Labute approximate surface area is 137 Å². The highest BCUT2D eigenvalue weighted by Crippen LogP contribution is 2.21. The molecule has 2 aromatic rings. The van der Waals surface area contributed by atoms with Crippen LogP contribution in [-0.2, 0) is 29.5 Å². The Kier molecular flexibility index (Phi) is 4.09. The summed E-state index contributed by atoms with van der Waals surface area (Å²) in [6, 6.07) is 3.53. The average Bonchev–Trinajstić information content (AvgIpc) is 3.08. The number of benzene rings is 1. The molecule has 1 aliphatic heterocycles. The van der Waals surface area contributed by atoms with E-state index in [4.69, 9.17) is 16.7 Å². The highest BCUT2D eigenvalue weighted by Gasteiger charge is 2.21. The predicted molar refractivity (Wildman–Crippen MR) is 80.8 cm³/mol. The van der Waals surface area contributed by atoms with Crippen LogP contribution in [0.3, 0.4) is 0 Å².